The number of amides is 2. The summed E-state index contributed by atoms with van der Waals surface area (Å²) in [6.07, 6.45) is 1.14. The molecule has 5 rings (SSSR count). The predicted octanol–water partition coefficient (Wildman–Crippen LogP) is 4.31. The van der Waals surface area contributed by atoms with E-state index in [0.29, 0.717) is 37.2 Å². The first-order valence-corrected chi connectivity index (χ1v) is 12.2. The van der Waals surface area contributed by atoms with Gasteiger partial charge < -0.3 is 16.0 Å². The Bertz CT molecular complexity index is 1370. The Hall–Kier alpha value is -3.55. The van der Waals surface area contributed by atoms with Gasteiger partial charge in [-0.2, -0.15) is 0 Å². The van der Waals surface area contributed by atoms with E-state index in [-0.39, 0.29) is 11.8 Å². The Morgan fingerprint density at radius 2 is 1.94 bits per heavy atom. The van der Waals surface area contributed by atoms with Crippen LogP contribution < -0.4 is 11.1 Å². The summed E-state index contributed by atoms with van der Waals surface area (Å²) in [6.45, 7) is 2.89. The highest BCUT2D eigenvalue weighted by Gasteiger charge is 2.34. The van der Waals surface area contributed by atoms with Gasteiger partial charge in [0.05, 0.1) is 15.2 Å². The third-order valence-corrected chi connectivity index (χ3v) is 7.17. The molecule has 0 saturated heterocycles. The molecule has 6 nitrogen and oxygen atoms in total. The molecule has 4 aromatic rings. The van der Waals surface area contributed by atoms with Gasteiger partial charge in [-0.3, -0.25) is 9.59 Å². The molecular weight excluding hydrogens is 444 g/mol. The zero-order valence-corrected chi connectivity index (χ0v) is 19.8. The first-order chi connectivity index (χ1) is 16.5. The topological polar surface area (TPSA) is 88.3 Å². The molecule has 0 radical (unpaired) electrons. The van der Waals surface area contributed by atoms with Crippen LogP contribution in [0.25, 0.3) is 10.2 Å². The van der Waals surface area contributed by atoms with Crippen LogP contribution in [0.5, 0.6) is 0 Å². The average Bonchev–Trinajstić information content (AvgIpc) is 3.22. The Morgan fingerprint density at radius 3 is 2.74 bits per heavy atom. The van der Waals surface area contributed by atoms with Crippen LogP contribution in [-0.2, 0) is 24.2 Å². The third-order valence-electron chi connectivity index (χ3n) is 6.23. The highest BCUT2D eigenvalue weighted by molar-refractivity contribution is 7.18. The van der Waals surface area contributed by atoms with Gasteiger partial charge >= 0.3 is 0 Å². The molecule has 3 N–H and O–H groups in total. The summed E-state index contributed by atoms with van der Waals surface area (Å²) >= 11 is 1.59. The molecule has 0 aliphatic carbocycles. The highest BCUT2D eigenvalue weighted by atomic mass is 32.1. The number of hydrogen-bond acceptors (Lipinski definition) is 5. The zero-order valence-electron chi connectivity index (χ0n) is 19.0. The van der Waals surface area contributed by atoms with Crippen LogP contribution in [0.4, 0.5) is 5.69 Å². The molecule has 0 saturated carbocycles. The fourth-order valence-corrected chi connectivity index (χ4v) is 5.38. The summed E-state index contributed by atoms with van der Waals surface area (Å²) in [5.74, 6) is -0.311. The number of anilines is 1. The van der Waals surface area contributed by atoms with Crippen LogP contribution in [-0.4, -0.2) is 34.3 Å². The highest BCUT2D eigenvalue weighted by Crippen LogP contribution is 2.27. The van der Waals surface area contributed by atoms with E-state index in [2.05, 4.69) is 10.3 Å². The molecule has 1 aromatic heterocycles. The lowest BCUT2D eigenvalue weighted by Gasteiger charge is -2.35. The molecular formula is C27H26N4O2S. The van der Waals surface area contributed by atoms with Crippen LogP contribution in [0.1, 0.15) is 32.1 Å². The number of rotatable bonds is 6. The Labute approximate surface area is 202 Å². The van der Waals surface area contributed by atoms with Crippen molar-refractivity contribution in [3.8, 4) is 0 Å². The van der Waals surface area contributed by atoms with Crippen LogP contribution in [0.2, 0.25) is 0 Å². The third kappa shape index (κ3) is 4.44. The maximum absolute atomic E-state index is 13.6. The van der Waals surface area contributed by atoms with Crippen molar-refractivity contribution < 1.29 is 9.59 Å². The standard InChI is InChI=1S/C27H26N4O2S/c1-17-29-23-10-8-21(15-25(23)34-17)30-26(32)24(14-18-5-3-2-4-6-18)31-12-11-20-13-19(16-28)7-9-22(20)27(31)33/h2-10,13,15,24H,11-12,14,16,28H2,1H3,(H,30,32). The van der Waals surface area contributed by atoms with Crippen LogP contribution in [0, 0.1) is 6.92 Å². The summed E-state index contributed by atoms with van der Waals surface area (Å²) < 4.78 is 1.02. The van der Waals surface area contributed by atoms with E-state index >= 15 is 0 Å². The van der Waals surface area contributed by atoms with Crippen LogP contribution in [0.15, 0.2) is 66.7 Å². The lowest BCUT2D eigenvalue weighted by molar-refractivity contribution is -0.120. The second-order valence-corrected chi connectivity index (χ2v) is 9.79. The number of carbonyl (C=O) groups excluding carboxylic acids is 2. The average molecular weight is 471 g/mol. The van der Waals surface area contributed by atoms with Crippen molar-refractivity contribution in [2.75, 3.05) is 11.9 Å². The van der Waals surface area contributed by atoms with E-state index in [0.717, 1.165) is 31.9 Å². The lowest BCUT2D eigenvalue weighted by Crippen LogP contribution is -2.51. The minimum absolute atomic E-state index is 0.116. The number of benzene rings is 3. The SMILES string of the molecule is Cc1nc2ccc(NC(=O)C(Cc3ccccc3)N3CCc4cc(CN)ccc4C3=O)cc2s1. The van der Waals surface area contributed by atoms with Gasteiger partial charge in [0.2, 0.25) is 5.91 Å². The number of aryl methyl sites for hydroxylation is 1. The van der Waals surface area contributed by atoms with Crippen molar-refractivity contribution in [3.63, 3.8) is 0 Å². The number of aromatic nitrogens is 1. The molecule has 1 aliphatic heterocycles. The van der Waals surface area contributed by atoms with Crippen molar-refractivity contribution in [2.45, 2.75) is 32.4 Å². The van der Waals surface area contributed by atoms with E-state index in [4.69, 9.17) is 5.73 Å². The molecule has 1 atom stereocenters. The van der Waals surface area contributed by atoms with E-state index in [1.165, 1.54) is 0 Å². The number of nitrogens with two attached hydrogens (primary N) is 1. The minimum atomic E-state index is -0.629. The number of nitrogens with one attached hydrogen (secondary N) is 1. The number of fused-ring (bicyclic) bond motifs is 2. The summed E-state index contributed by atoms with van der Waals surface area (Å²) in [5, 5.41) is 4.04. The Balaban J connectivity index is 1.44. The quantitative estimate of drug-likeness (QED) is 0.440. The van der Waals surface area contributed by atoms with Crippen LogP contribution in [0.3, 0.4) is 0 Å². The summed E-state index contributed by atoms with van der Waals surface area (Å²) in [6, 6.07) is 20.6. The minimum Gasteiger partial charge on any atom is -0.326 e. The van der Waals surface area contributed by atoms with E-state index < -0.39 is 6.04 Å². The van der Waals surface area contributed by atoms with Crippen molar-refractivity contribution in [1.82, 2.24) is 9.88 Å². The Kier molecular flexibility index (Phi) is 6.13. The molecule has 1 aliphatic rings. The zero-order chi connectivity index (χ0) is 23.7. The van der Waals surface area contributed by atoms with Crippen molar-refractivity contribution in [2.24, 2.45) is 5.73 Å². The van der Waals surface area contributed by atoms with Gasteiger partial charge in [-0.15, -0.1) is 11.3 Å². The first kappa shape index (κ1) is 22.3. The number of nitrogens with zero attached hydrogens (tertiary/aromatic N) is 2. The summed E-state index contributed by atoms with van der Waals surface area (Å²) in [7, 11) is 0. The molecule has 2 amide bonds. The molecule has 0 bridgehead atoms. The van der Waals surface area contributed by atoms with Crippen molar-refractivity contribution in [1.29, 1.82) is 0 Å². The molecule has 1 unspecified atom stereocenters. The first-order valence-electron chi connectivity index (χ1n) is 11.4. The van der Waals surface area contributed by atoms with Gasteiger partial charge in [-0.25, -0.2) is 4.98 Å². The smallest absolute Gasteiger partial charge is 0.254 e. The lowest BCUT2D eigenvalue weighted by atomic mass is 9.94. The van der Waals surface area contributed by atoms with Gasteiger partial charge in [0.15, 0.2) is 0 Å². The number of hydrogen-bond donors (Lipinski definition) is 2. The monoisotopic (exact) mass is 470 g/mol. The van der Waals surface area contributed by atoms with E-state index in [1.54, 1.807) is 16.2 Å². The maximum Gasteiger partial charge on any atom is 0.254 e. The molecule has 2 heterocycles. The molecule has 0 spiro atoms. The van der Waals surface area contributed by atoms with Gasteiger partial charge in [0.25, 0.3) is 5.91 Å². The van der Waals surface area contributed by atoms with Crippen LogP contribution >= 0.6 is 11.3 Å². The second-order valence-electron chi connectivity index (χ2n) is 8.55. The number of thiazole rings is 1. The van der Waals surface area contributed by atoms with Crippen molar-refractivity contribution in [3.05, 3.63) is 94.0 Å². The molecule has 34 heavy (non-hydrogen) atoms. The Morgan fingerprint density at radius 1 is 1.12 bits per heavy atom. The molecule has 7 heteroatoms. The van der Waals surface area contributed by atoms with E-state index in [1.807, 2.05) is 73.7 Å². The summed E-state index contributed by atoms with van der Waals surface area (Å²) in [5.41, 5.74) is 11.1. The van der Waals surface area contributed by atoms with Crippen molar-refractivity contribution >= 4 is 39.1 Å². The largest absolute Gasteiger partial charge is 0.326 e. The maximum atomic E-state index is 13.6. The molecule has 0 fully saturated rings. The fraction of sp³-hybridized carbons (Fsp3) is 0.222. The summed E-state index contributed by atoms with van der Waals surface area (Å²) in [4.78, 5) is 33.3. The van der Waals surface area contributed by atoms with Gasteiger partial charge in [0.1, 0.15) is 6.04 Å². The van der Waals surface area contributed by atoms with Gasteiger partial charge in [-0.1, -0.05) is 42.5 Å². The normalized spacial score (nSPS) is 14.2. The number of carbonyl (C=O) groups is 2. The van der Waals surface area contributed by atoms with Gasteiger partial charge in [-0.05, 0) is 54.3 Å². The predicted molar refractivity (Wildman–Crippen MR) is 136 cm³/mol. The second kappa shape index (κ2) is 9.37. The fourth-order valence-electron chi connectivity index (χ4n) is 4.51. The molecule has 172 valence electrons. The van der Waals surface area contributed by atoms with E-state index in [9.17, 15) is 9.59 Å². The van der Waals surface area contributed by atoms with Gasteiger partial charge in [0, 0.05) is 30.8 Å². The molecule has 3 aromatic carbocycles.